The zero-order valence-electron chi connectivity index (χ0n) is 15.6. The van der Waals surface area contributed by atoms with Crippen LogP contribution in [-0.2, 0) is 18.0 Å². The van der Waals surface area contributed by atoms with Crippen LogP contribution in [0.15, 0.2) is 51.9 Å². The van der Waals surface area contributed by atoms with E-state index >= 15 is 0 Å². The zero-order chi connectivity index (χ0) is 19.7. The molecular weight excluding hydrogens is 442 g/mol. The van der Waals surface area contributed by atoms with Gasteiger partial charge in [0.2, 0.25) is 0 Å². The normalized spacial score (nSPS) is 13.1. The van der Waals surface area contributed by atoms with Gasteiger partial charge in [0.1, 0.15) is 13.2 Å². The predicted octanol–water partition coefficient (Wildman–Crippen LogP) is 4.42. The minimum Gasteiger partial charge on any atom is -0.291 e. The van der Waals surface area contributed by atoms with Crippen molar-refractivity contribution in [2.45, 2.75) is 20.1 Å². The first-order chi connectivity index (χ1) is 13.6. The van der Waals surface area contributed by atoms with Gasteiger partial charge in [-0.3, -0.25) is 14.4 Å². The highest BCUT2D eigenvalue weighted by Gasteiger charge is 2.24. The summed E-state index contributed by atoms with van der Waals surface area (Å²) in [5.41, 5.74) is 3.65. The summed E-state index contributed by atoms with van der Waals surface area (Å²) < 4.78 is 2.99. The van der Waals surface area contributed by atoms with Gasteiger partial charge in [0.15, 0.2) is 11.6 Å². The third kappa shape index (κ3) is 3.63. The highest BCUT2D eigenvalue weighted by molar-refractivity contribution is 9.10. The molecule has 1 aliphatic heterocycles. The molecule has 0 saturated heterocycles. The molecule has 0 amide bonds. The van der Waals surface area contributed by atoms with Gasteiger partial charge in [0.25, 0.3) is 0 Å². The van der Waals surface area contributed by atoms with Crippen molar-refractivity contribution in [3.63, 3.8) is 0 Å². The molecule has 2 aromatic carbocycles. The van der Waals surface area contributed by atoms with Crippen LogP contribution in [0, 0.1) is 0 Å². The topological polar surface area (TPSA) is 55.5 Å². The van der Waals surface area contributed by atoms with Crippen LogP contribution in [0.25, 0.3) is 5.69 Å². The lowest BCUT2D eigenvalue weighted by Gasteiger charge is -2.16. The summed E-state index contributed by atoms with van der Waals surface area (Å²) >= 11 is 10.1. The Morgan fingerprint density at radius 1 is 1.18 bits per heavy atom. The summed E-state index contributed by atoms with van der Waals surface area (Å²) in [6.45, 7) is 3.54. The lowest BCUT2D eigenvalue weighted by atomic mass is 10.0. The maximum atomic E-state index is 6.48. The van der Waals surface area contributed by atoms with Crippen LogP contribution < -0.4 is 0 Å². The Morgan fingerprint density at radius 3 is 2.79 bits per heavy atom. The smallest absolute Gasteiger partial charge is 0.165 e. The number of rotatable bonds is 5. The number of hydrogen-bond acceptors (Lipinski definition) is 5. The van der Waals surface area contributed by atoms with Gasteiger partial charge in [-0.2, -0.15) is 5.06 Å². The molecule has 2 heterocycles. The molecule has 144 valence electrons. The summed E-state index contributed by atoms with van der Waals surface area (Å²) in [5, 5.41) is 11.1. The van der Waals surface area contributed by atoms with Gasteiger partial charge in [-0.1, -0.05) is 52.7 Å². The number of hydrogen-bond donors (Lipinski definition) is 0. The SMILES string of the molecule is CCN(C)OCc1nnc2n1-c1ccc(Br)cc1C(c1ccccc1Cl)=NC2. The molecule has 28 heavy (non-hydrogen) atoms. The van der Waals surface area contributed by atoms with Crippen molar-refractivity contribution in [2.75, 3.05) is 13.6 Å². The Labute approximate surface area is 176 Å². The summed E-state index contributed by atoms with van der Waals surface area (Å²) in [6.07, 6.45) is 0. The molecule has 0 atom stereocenters. The molecular formula is C20H19BrClN5O. The van der Waals surface area contributed by atoms with Crippen molar-refractivity contribution in [3.05, 3.63) is 74.7 Å². The van der Waals surface area contributed by atoms with Crippen molar-refractivity contribution < 1.29 is 4.84 Å². The maximum absolute atomic E-state index is 6.48. The van der Waals surface area contributed by atoms with E-state index in [1.807, 2.05) is 54.9 Å². The number of aliphatic imine (C=N–C) groups is 1. The standard InChI is InChI=1S/C20H19BrClN5O/c1-3-26(2)28-12-19-25-24-18-11-23-20(14-6-4-5-7-16(14)22)15-10-13(21)8-9-17(15)27(18)19/h4-10H,3,11-12H2,1-2H3. The molecule has 0 aliphatic carbocycles. The van der Waals surface area contributed by atoms with E-state index in [1.165, 1.54) is 0 Å². The largest absolute Gasteiger partial charge is 0.291 e. The number of nitrogens with zero attached hydrogens (tertiary/aromatic N) is 5. The van der Waals surface area contributed by atoms with Crippen LogP contribution in [0.4, 0.5) is 0 Å². The highest BCUT2D eigenvalue weighted by atomic mass is 79.9. The number of hydroxylamine groups is 2. The van der Waals surface area contributed by atoms with E-state index in [9.17, 15) is 0 Å². The molecule has 1 aromatic heterocycles. The van der Waals surface area contributed by atoms with Crippen LogP contribution in [0.5, 0.6) is 0 Å². The second-order valence-corrected chi connectivity index (χ2v) is 7.71. The molecule has 6 nitrogen and oxygen atoms in total. The van der Waals surface area contributed by atoms with Crippen LogP contribution in [0.3, 0.4) is 0 Å². The Balaban J connectivity index is 1.84. The summed E-state index contributed by atoms with van der Waals surface area (Å²) in [6, 6.07) is 13.8. The van der Waals surface area contributed by atoms with Crippen molar-refractivity contribution in [1.82, 2.24) is 19.8 Å². The molecule has 0 unspecified atom stereocenters. The average molecular weight is 461 g/mol. The molecule has 4 rings (SSSR count). The number of aromatic nitrogens is 3. The minimum absolute atomic E-state index is 0.328. The summed E-state index contributed by atoms with van der Waals surface area (Å²) in [4.78, 5) is 10.6. The van der Waals surface area contributed by atoms with Crippen LogP contribution in [0.1, 0.15) is 29.7 Å². The zero-order valence-corrected chi connectivity index (χ0v) is 17.9. The fourth-order valence-corrected chi connectivity index (χ4v) is 3.68. The fraction of sp³-hybridized carbons (Fsp3) is 0.250. The molecule has 0 fully saturated rings. The molecule has 0 spiro atoms. The third-order valence-corrected chi connectivity index (χ3v) is 5.44. The van der Waals surface area contributed by atoms with Gasteiger partial charge in [-0.05, 0) is 24.3 Å². The second-order valence-electron chi connectivity index (χ2n) is 6.39. The lowest BCUT2D eigenvalue weighted by Crippen LogP contribution is -2.19. The quantitative estimate of drug-likeness (QED) is 0.529. The van der Waals surface area contributed by atoms with Gasteiger partial charge in [-0.25, -0.2) is 0 Å². The summed E-state index contributed by atoms with van der Waals surface area (Å²) in [7, 11) is 1.89. The minimum atomic E-state index is 0.328. The van der Waals surface area contributed by atoms with Gasteiger partial charge in [0.05, 0.1) is 11.4 Å². The first kappa shape index (κ1) is 19.3. The third-order valence-electron chi connectivity index (χ3n) is 4.62. The van der Waals surface area contributed by atoms with E-state index in [0.29, 0.717) is 18.2 Å². The number of fused-ring (bicyclic) bond motifs is 3. The molecule has 0 N–H and O–H groups in total. The van der Waals surface area contributed by atoms with Crippen LogP contribution in [0.2, 0.25) is 5.02 Å². The first-order valence-corrected chi connectivity index (χ1v) is 10.1. The molecule has 0 bridgehead atoms. The van der Waals surface area contributed by atoms with Crippen molar-refractivity contribution in [3.8, 4) is 5.69 Å². The monoisotopic (exact) mass is 459 g/mol. The van der Waals surface area contributed by atoms with E-state index in [4.69, 9.17) is 21.4 Å². The first-order valence-electron chi connectivity index (χ1n) is 8.95. The fourth-order valence-electron chi connectivity index (χ4n) is 3.10. The predicted molar refractivity (Wildman–Crippen MR) is 113 cm³/mol. The lowest BCUT2D eigenvalue weighted by molar-refractivity contribution is -0.149. The average Bonchev–Trinajstić information content (AvgIpc) is 3.03. The van der Waals surface area contributed by atoms with Gasteiger partial charge < -0.3 is 0 Å². The van der Waals surface area contributed by atoms with Crippen molar-refractivity contribution in [2.24, 2.45) is 4.99 Å². The van der Waals surface area contributed by atoms with E-state index < -0.39 is 0 Å². The molecule has 1 aliphatic rings. The second kappa shape index (κ2) is 8.13. The van der Waals surface area contributed by atoms with E-state index in [2.05, 4.69) is 32.2 Å². The Hall–Kier alpha value is -2.06. The van der Waals surface area contributed by atoms with Gasteiger partial charge >= 0.3 is 0 Å². The van der Waals surface area contributed by atoms with Crippen molar-refractivity contribution >= 4 is 33.2 Å². The maximum Gasteiger partial charge on any atom is 0.165 e. The Kier molecular flexibility index (Phi) is 5.59. The highest BCUT2D eigenvalue weighted by Crippen LogP contribution is 2.30. The summed E-state index contributed by atoms with van der Waals surface area (Å²) in [5.74, 6) is 1.50. The van der Waals surface area contributed by atoms with E-state index in [1.54, 1.807) is 5.06 Å². The van der Waals surface area contributed by atoms with Crippen molar-refractivity contribution in [1.29, 1.82) is 0 Å². The van der Waals surface area contributed by atoms with E-state index in [-0.39, 0.29) is 0 Å². The number of halogens is 2. The molecule has 8 heteroatoms. The van der Waals surface area contributed by atoms with Crippen LogP contribution in [-0.4, -0.2) is 39.1 Å². The molecule has 3 aromatic rings. The van der Waals surface area contributed by atoms with Crippen LogP contribution >= 0.6 is 27.5 Å². The van der Waals surface area contributed by atoms with Gasteiger partial charge in [0, 0.05) is 34.2 Å². The molecule has 0 saturated carbocycles. The van der Waals surface area contributed by atoms with Gasteiger partial charge in [-0.15, -0.1) is 10.2 Å². The Bertz CT molecular complexity index is 1050. The Morgan fingerprint density at radius 2 is 2.00 bits per heavy atom. The molecule has 0 radical (unpaired) electrons. The number of benzene rings is 2. The van der Waals surface area contributed by atoms with E-state index in [0.717, 1.165) is 45.2 Å².